The van der Waals surface area contributed by atoms with Gasteiger partial charge in [0.25, 0.3) is 5.91 Å². The van der Waals surface area contributed by atoms with Crippen molar-refractivity contribution in [3.63, 3.8) is 0 Å². The highest BCUT2D eigenvalue weighted by Crippen LogP contribution is 2.22. The molecule has 1 amide bonds. The molecule has 0 bridgehead atoms. The first-order chi connectivity index (χ1) is 8.74. The van der Waals surface area contributed by atoms with Gasteiger partial charge in [-0.2, -0.15) is 0 Å². The SMILES string of the molecule is CCOc1ncccc1C(=O)N1CCCCC1C. The molecule has 18 heavy (non-hydrogen) atoms. The number of nitrogens with zero attached hydrogens (tertiary/aromatic N) is 2. The highest BCUT2D eigenvalue weighted by Gasteiger charge is 2.26. The molecule has 1 unspecified atom stereocenters. The normalized spacial score (nSPS) is 19.7. The van der Waals surface area contributed by atoms with E-state index in [1.807, 2.05) is 11.8 Å². The summed E-state index contributed by atoms with van der Waals surface area (Å²) in [6.45, 7) is 5.35. The van der Waals surface area contributed by atoms with E-state index in [1.54, 1.807) is 18.3 Å². The molecule has 0 aliphatic carbocycles. The summed E-state index contributed by atoms with van der Waals surface area (Å²) in [5.74, 6) is 0.488. The van der Waals surface area contributed by atoms with Gasteiger partial charge in [-0.05, 0) is 45.2 Å². The minimum absolute atomic E-state index is 0.0405. The Morgan fingerprint density at radius 3 is 3.11 bits per heavy atom. The summed E-state index contributed by atoms with van der Waals surface area (Å²) in [7, 11) is 0. The standard InChI is InChI=1S/C14H20N2O2/c1-3-18-13-12(8-6-9-15-13)14(17)16-10-5-4-7-11(16)2/h6,8-9,11H,3-5,7,10H2,1-2H3. The van der Waals surface area contributed by atoms with Crippen LogP contribution in [-0.2, 0) is 0 Å². The second-order valence-electron chi connectivity index (χ2n) is 4.63. The Labute approximate surface area is 108 Å². The van der Waals surface area contributed by atoms with Gasteiger partial charge in [0.15, 0.2) is 0 Å². The highest BCUT2D eigenvalue weighted by atomic mass is 16.5. The number of carbonyl (C=O) groups is 1. The molecule has 2 rings (SSSR count). The fraction of sp³-hybridized carbons (Fsp3) is 0.571. The van der Waals surface area contributed by atoms with Crippen molar-refractivity contribution in [3.05, 3.63) is 23.9 Å². The van der Waals surface area contributed by atoms with Gasteiger partial charge in [-0.3, -0.25) is 4.79 Å². The maximum Gasteiger partial charge on any atom is 0.259 e. The Balaban J connectivity index is 2.22. The molecule has 1 saturated heterocycles. The van der Waals surface area contributed by atoms with Crippen LogP contribution >= 0.6 is 0 Å². The molecule has 1 atom stereocenters. The first-order valence-electron chi connectivity index (χ1n) is 6.62. The van der Waals surface area contributed by atoms with Crippen molar-refractivity contribution < 1.29 is 9.53 Å². The van der Waals surface area contributed by atoms with E-state index in [2.05, 4.69) is 11.9 Å². The predicted octanol–water partition coefficient (Wildman–Crippen LogP) is 2.49. The number of rotatable bonds is 3. The minimum Gasteiger partial charge on any atom is -0.477 e. The van der Waals surface area contributed by atoms with Crippen molar-refractivity contribution in [2.24, 2.45) is 0 Å². The summed E-state index contributed by atoms with van der Waals surface area (Å²) < 4.78 is 5.43. The lowest BCUT2D eigenvalue weighted by atomic mass is 10.0. The molecule has 1 aliphatic rings. The summed E-state index contributed by atoms with van der Waals surface area (Å²) in [5.41, 5.74) is 0.577. The van der Waals surface area contributed by atoms with Crippen molar-refractivity contribution in [1.29, 1.82) is 0 Å². The van der Waals surface area contributed by atoms with Crippen molar-refractivity contribution in [3.8, 4) is 5.88 Å². The lowest BCUT2D eigenvalue weighted by Gasteiger charge is -2.33. The monoisotopic (exact) mass is 248 g/mol. The summed E-state index contributed by atoms with van der Waals surface area (Å²) in [6.07, 6.45) is 5.02. The Morgan fingerprint density at radius 1 is 1.56 bits per heavy atom. The molecule has 1 fully saturated rings. The van der Waals surface area contributed by atoms with Crippen LogP contribution in [0.15, 0.2) is 18.3 Å². The van der Waals surface area contributed by atoms with E-state index in [1.165, 1.54) is 6.42 Å². The van der Waals surface area contributed by atoms with Crippen LogP contribution in [0, 0.1) is 0 Å². The summed E-state index contributed by atoms with van der Waals surface area (Å²) in [4.78, 5) is 18.6. The molecular formula is C14H20N2O2. The molecule has 0 radical (unpaired) electrons. The van der Waals surface area contributed by atoms with Crippen LogP contribution in [0.1, 0.15) is 43.5 Å². The van der Waals surface area contributed by atoms with Crippen LogP contribution < -0.4 is 4.74 Å². The number of amides is 1. The average molecular weight is 248 g/mol. The fourth-order valence-corrected chi connectivity index (χ4v) is 2.36. The van der Waals surface area contributed by atoms with Gasteiger partial charge in [0.05, 0.1) is 6.61 Å². The maximum atomic E-state index is 12.5. The molecular weight excluding hydrogens is 228 g/mol. The average Bonchev–Trinajstić information content (AvgIpc) is 2.40. The fourth-order valence-electron chi connectivity index (χ4n) is 2.36. The highest BCUT2D eigenvalue weighted by molar-refractivity contribution is 5.96. The predicted molar refractivity (Wildman–Crippen MR) is 69.8 cm³/mol. The Kier molecular flexibility index (Phi) is 4.18. The van der Waals surface area contributed by atoms with Crippen molar-refractivity contribution in [2.45, 2.75) is 39.2 Å². The lowest BCUT2D eigenvalue weighted by molar-refractivity contribution is 0.0630. The molecule has 4 nitrogen and oxygen atoms in total. The van der Waals surface area contributed by atoms with Gasteiger partial charge >= 0.3 is 0 Å². The van der Waals surface area contributed by atoms with Crippen LogP contribution in [0.5, 0.6) is 5.88 Å². The van der Waals surface area contributed by atoms with Gasteiger partial charge in [0, 0.05) is 18.8 Å². The smallest absolute Gasteiger partial charge is 0.259 e. The Hall–Kier alpha value is -1.58. The number of likely N-dealkylation sites (tertiary alicyclic amines) is 1. The van der Waals surface area contributed by atoms with E-state index in [-0.39, 0.29) is 5.91 Å². The van der Waals surface area contributed by atoms with Crippen LogP contribution in [-0.4, -0.2) is 35.0 Å². The largest absolute Gasteiger partial charge is 0.477 e. The van der Waals surface area contributed by atoms with Crippen LogP contribution in [0.4, 0.5) is 0 Å². The van der Waals surface area contributed by atoms with E-state index < -0.39 is 0 Å². The molecule has 1 aromatic heterocycles. The molecule has 0 N–H and O–H groups in total. The number of hydrogen-bond acceptors (Lipinski definition) is 3. The third kappa shape index (κ3) is 2.63. The van der Waals surface area contributed by atoms with Crippen LogP contribution in [0.25, 0.3) is 0 Å². The van der Waals surface area contributed by atoms with Gasteiger partial charge in [0.2, 0.25) is 5.88 Å². The van der Waals surface area contributed by atoms with E-state index in [0.29, 0.717) is 24.1 Å². The zero-order chi connectivity index (χ0) is 13.0. The van der Waals surface area contributed by atoms with E-state index >= 15 is 0 Å². The van der Waals surface area contributed by atoms with Crippen molar-refractivity contribution >= 4 is 5.91 Å². The third-order valence-electron chi connectivity index (χ3n) is 3.35. The maximum absolute atomic E-state index is 12.5. The second kappa shape index (κ2) is 5.85. The number of carbonyl (C=O) groups excluding carboxylic acids is 1. The van der Waals surface area contributed by atoms with Gasteiger partial charge < -0.3 is 9.64 Å². The summed E-state index contributed by atoms with van der Waals surface area (Å²) in [6, 6.07) is 3.88. The van der Waals surface area contributed by atoms with Crippen LogP contribution in [0.2, 0.25) is 0 Å². The van der Waals surface area contributed by atoms with Crippen molar-refractivity contribution in [1.82, 2.24) is 9.88 Å². The lowest BCUT2D eigenvalue weighted by Crippen LogP contribution is -2.42. The molecule has 0 saturated carbocycles. The molecule has 4 heteroatoms. The number of aromatic nitrogens is 1. The number of hydrogen-bond donors (Lipinski definition) is 0. The van der Waals surface area contributed by atoms with Gasteiger partial charge in [0.1, 0.15) is 5.56 Å². The molecule has 98 valence electrons. The van der Waals surface area contributed by atoms with E-state index in [4.69, 9.17) is 4.74 Å². The Bertz CT molecular complexity index is 420. The number of piperidine rings is 1. The van der Waals surface area contributed by atoms with Crippen LogP contribution in [0.3, 0.4) is 0 Å². The number of ether oxygens (including phenoxy) is 1. The zero-order valence-corrected chi connectivity index (χ0v) is 11.1. The van der Waals surface area contributed by atoms with E-state index in [9.17, 15) is 4.79 Å². The number of pyridine rings is 1. The molecule has 0 spiro atoms. The van der Waals surface area contributed by atoms with Crippen molar-refractivity contribution in [2.75, 3.05) is 13.2 Å². The third-order valence-corrected chi connectivity index (χ3v) is 3.35. The molecule has 1 aliphatic heterocycles. The van der Waals surface area contributed by atoms with E-state index in [0.717, 1.165) is 19.4 Å². The van der Waals surface area contributed by atoms with Gasteiger partial charge in [-0.1, -0.05) is 0 Å². The van der Waals surface area contributed by atoms with Gasteiger partial charge in [-0.25, -0.2) is 4.98 Å². The Morgan fingerprint density at radius 2 is 2.39 bits per heavy atom. The molecule has 2 heterocycles. The summed E-state index contributed by atoms with van der Waals surface area (Å²) >= 11 is 0. The first kappa shape index (κ1) is 12.9. The first-order valence-corrected chi connectivity index (χ1v) is 6.62. The second-order valence-corrected chi connectivity index (χ2v) is 4.63. The minimum atomic E-state index is 0.0405. The summed E-state index contributed by atoms with van der Waals surface area (Å²) in [5, 5.41) is 0. The molecule has 0 aromatic carbocycles. The van der Waals surface area contributed by atoms with Gasteiger partial charge in [-0.15, -0.1) is 0 Å². The molecule has 1 aromatic rings. The quantitative estimate of drug-likeness (QED) is 0.825. The zero-order valence-electron chi connectivity index (χ0n) is 11.1. The topological polar surface area (TPSA) is 42.4 Å².